The SMILES string of the molecule is CCn1nc(C(=O)NCCc2cccc(Cl)c2)c(=O)c2cc(F)ccc21. The first kappa shape index (κ1) is 18.1. The van der Waals surface area contributed by atoms with Crippen LogP contribution in [0.1, 0.15) is 23.0 Å². The summed E-state index contributed by atoms with van der Waals surface area (Å²) < 4.78 is 15.0. The first-order valence-corrected chi connectivity index (χ1v) is 8.60. The fourth-order valence-electron chi connectivity index (χ4n) is 2.75. The molecule has 26 heavy (non-hydrogen) atoms. The number of hydrogen-bond acceptors (Lipinski definition) is 3. The number of fused-ring (bicyclic) bond motifs is 1. The fraction of sp³-hybridized carbons (Fsp3) is 0.211. The highest BCUT2D eigenvalue weighted by Crippen LogP contribution is 2.13. The van der Waals surface area contributed by atoms with Gasteiger partial charge in [0, 0.05) is 18.1 Å². The monoisotopic (exact) mass is 373 g/mol. The standard InChI is InChI=1S/C19H17ClFN3O2/c1-2-24-16-7-6-14(21)11-15(16)18(25)17(23-24)19(26)22-9-8-12-4-3-5-13(20)10-12/h3-7,10-11H,2,8-9H2,1H3,(H,22,26). The summed E-state index contributed by atoms with van der Waals surface area (Å²) >= 11 is 5.93. The van der Waals surface area contributed by atoms with Crippen LogP contribution in [0.15, 0.2) is 47.3 Å². The van der Waals surface area contributed by atoms with Crippen LogP contribution < -0.4 is 10.7 Å². The van der Waals surface area contributed by atoms with E-state index in [0.29, 0.717) is 30.0 Å². The molecule has 0 unspecified atom stereocenters. The minimum Gasteiger partial charge on any atom is -0.350 e. The Morgan fingerprint density at radius 1 is 1.27 bits per heavy atom. The Morgan fingerprint density at radius 3 is 2.81 bits per heavy atom. The number of carbonyl (C=O) groups excluding carboxylic acids is 1. The molecule has 3 rings (SSSR count). The van der Waals surface area contributed by atoms with Crippen LogP contribution in [-0.4, -0.2) is 22.2 Å². The second kappa shape index (κ2) is 7.66. The number of nitrogens with one attached hydrogen (secondary N) is 1. The van der Waals surface area contributed by atoms with E-state index in [0.717, 1.165) is 11.6 Å². The summed E-state index contributed by atoms with van der Waals surface area (Å²) in [6.45, 7) is 2.61. The lowest BCUT2D eigenvalue weighted by atomic mass is 10.1. The molecule has 5 nitrogen and oxygen atoms in total. The van der Waals surface area contributed by atoms with E-state index in [-0.39, 0.29) is 11.1 Å². The van der Waals surface area contributed by atoms with Gasteiger partial charge in [-0.1, -0.05) is 23.7 Å². The summed E-state index contributed by atoms with van der Waals surface area (Å²) in [6, 6.07) is 11.2. The molecular formula is C19H17ClFN3O2. The normalized spacial score (nSPS) is 10.9. The largest absolute Gasteiger partial charge is 0.350 e. The van der Waals surface area contributed by atoms with E-state index in [1.165, 1.54) is 16.8 Å². The van der Waals surface area contributed by atoms with Gasteiger partial charge in [-0.25, -0.2) is 4.39 Å². The van der Waals surface area contributed by atoms with E-state index >= 15 is 0 Å². The van der Waals surface area contributed by atoms with Crippen molar-refractivity contribution in [3.05, 3.63) is 74.8 Å². The van der Waals surface area contributed by atoms with E-state index in [1.54, 1.807) is 6.07 Å². The van der Waals surface area contributed by atoms with Gasteiger partial charge in [0.25, 0.3) is 5.91 Å². The van der Waals surface area contributed by atoms with Gasteiger partial charge in [-0.15, -0.1) is 0 Å². The average Bonchev–Trinajstić information content (AvgIpc) is 2.62. The molecule has 1 N–H and O–H groups in total. The van der Waals surface area contributed by atoms with Gasteiger partial charge in [0.15, 0.2) is 5.69 Å². The molecule has 1 aromatic heterocycles. The third kappa shape index (κ3) is 3.75. The molecule has 0 aliphatic heterocycles. The molecule has 2 aromatic carbocycles. The molecule has 1 amide bonds. The van der Waals surface area contributed by atoms with Crippen molar-refractivity contribution in [1.82, 2.24) is 15.1 Å². The topological polar surface area (TPSA) is 64.0 Å². The van der Waals surface area contributed by atoms with E-state index in [9.17, 15) is 14.0 Å². The molecule has 0 spiro atoms. The highest BCUT2D eigenvalue weighted by atomic mass is 35.5. The number of benzene rings is 2. The number of nitrogens with zero attached hydrogens (tertiary/aromatic N) is 2. The molecule has 1 heterocycles. The van der Waals surface area contributed by atoms with Gasteiger partial charge in [-0.2, -0.15) is 5.10 Å². The third-order valence-electron chi connectivity index (χ3n) is 4.02. The Bertz CT molecular complexity index is 1030. The maximum Gasteiger partial charge on any atom is 0.275 e. The number of halogens is 2. The average molecular weight is 374 g/mol. The van der Waals surface area contributed by atoms with Gasteiger partial charge >= 0.3 is 0 Å². The number of hydrogen-bond donors (Lipinski definition) is 1. The van der Waals surface area contributed by atoms with Crippen LogP contribution in [-0.2, 0) is 13.0 Å². The molecule has 0 saturated heterocycles. The number of rotatable bonds is 5. The zero-order valence-corrected chi connectivity index (χ0v) is 14.9. The van der Waals surface area contributed by atoms with Crippen LogP contribution in [0.4, 0.5) is 4.39 Å². The summed E-state index contributed by atoms with van der Waals surface area (Å²) in [4.78, 5) is 25.0. The first-order chi connectivity index (χ1) is 12.5. The maximum atomic E-state index is 13.5. The Morgan fingerprint density at radius 2 is 2.08 bits per heavy atom. The van der Waals surface area contributed by atoms with Gasteiger partial charge in [0.05, 0.1) is 10.9 Å². The maximum absolute atomic E-state index is 13.5. The van der Waals surface area contributed by atoms with Crippen molar-refractivity contribution in [2.24, 2.45) is 0 Å². The number of aromatic nitrogens is 2. The molecule has 0 saturated carbocycles. The van der Waals surface area contributed by atoms with Gasteiger partial charge in [0.2, 0.25) is 5.43 Å². The lowest BCUT2D eigenvalue weighted by Gasteiger charge is -2.10. The minimum atomic E-state index is -0.579. The molecular weight excluding hydrogens is 357 g/mol. The van der Waals surface area contributed by atoms with E-state index in [4.69, 9.17) is 11.6 Å². The first-order valence-electron chi connectivity index (χ1n) is 8.22. The molecule has 0 aliphatic carbocycles. The molecule has 0 bridgehead atoms. The lowest BCUT2D eigenvalue weighted by Crippen LogP contribution is -2.33. The zero-order chi connectivity index (χ0) is 18.7. The van der Waals surface area contributed by atoms with Crippen molar-refractivity contribution in [1.29, 1.82) is 0 Å². The second-order valence-electron chi connectivity index (χ2n) is 5.79. The third-order valence-corrected chi connectivity index (χ3v) is 4.26. The van der Waals surface area contributed by atoms with Crippen molar-refractivity contribution in [3.8, 4) is 0 Å². The summed E-state index contributed by atoms with van der Waals surface area (Å²) in [5.41, 5.74) is 0.646. The Labute approximate surface area is 154 Å². The van der Waals surface area contributed by atoms with Crippen LogP contribution in [0.3, 0.4) is 0 Å². The van der Waals surface area contributed by atoms with Gasteiger partial charge in [0.1, 0.15) is 5.82 Å². The Balaban J connectivity index is 1.83. The molecule has 0 fully saturated rings. The highest BCUT2D eigenvalue weighted by Gasteiger charge is 2.17. The predicted octanol–water partition coefficient (Wildman–Crippen LogP) is 3.18. The van der Waals surface area contributed by atoms with Crippen molar-refractivity contribution in [3.63, 3.8) is 0 Å². The van der Waals surface area contributed by atoms with E-state index < -0.39 is 17.2 Å². The van der Waals surface area contributed by atoms with Crippen LogP contribution in [0.2, 0.25) is 5.02 Å². The fourth-order valence-corrected chi connectivity index (χ4v) is 2.96. The molecule has 0 radical (unpaired) electrons. The Kier molecular flexibility index (Phi) is 5.32. The van der Waals surface area contributed by atoms with Crippen LogP contribution in [0, 0.1) is 5.82 Å². The number of aryl methyl sites for hydroxylation is 1. The van der Waals surface area contributed by atoms with Crippen LogP contribution in [0.5, 0.6) is 0 Å². The molecule has 0 aliphatic rings. The smallest absolute Gasteiger partial charge is 0.275 e. The summed E-state index contributed by atoms with van der Waals surface area (Å²) in [7, 11) is 0. The molecule has 134 valence electrons. The highest BCUT2D eigenvalue weighted by molar-refractivity contribution is 6.30. The molecule has 7 heteroatoms. The number of amides is 1. The summed E-state index contributed by atoms with van der Waals surface area (Å²) in [5, 5.41) is 7.59. The van der Waals surface area contributed by atoms with Crippen molar-refractivity contribution >= 4 is 28.4 Å². The number of carbonyl (C=O) groups is 1. The molecule has 0 atom stereocenters. The van der Waals surface area contributed by atoms with Crippen LogP contribution in [0.25, 0.3) is 10.9 Å². The van der Waals surface area contributed by atoms with Crippen molar-refractivity contribution < 1.29 is 9.18 Å². The van der Waals surface area contributed by atoms with Crippen molar-refractivity contribution in [2.75, 3.05) is 6.54 Å². The lowest BCUT2D eigenvalue weighted by molar-refractivity contribution is 0.0946. The quantitative estimate of drug-likeness (QED) is 0.747. The van der Waals surface area contributed by atoms with E-state index in [2.05, 4.69) is 10.4 Å². The van der Waals surface area contributed by atoms with Gasteiger partial charge in [-0.05, 0) is 49.2 Å². The minimum absolute atomic E-state index is 0.141. The second-order valence-corrected chi connectivity index (χ2v) is 6.23. The predicted molar refractivity (Wildman–Crippen MR) is 99.1 cm³/mol. The van der Waals surface area contributed by atoms with Crippen LogP contribution >= 0.6 is 11.6 Å². The van der Waals surface area contributed by atoms with E-state index in [1.807, 2.05) is 25.1 Å². The van der Waals surface area contributed by atoms with Gasteiger partial charge in [-0.3, -0.25) is 14.3 Å². The molecule has 3 aromatic rings. The van der Waals surface area contributed by atoms with Crippen molar-refractivity contribution in [2.45, 2.75) is 19.9 Å². The Hall–Kier alpha value is -2.73. The zero-order valence-electron chi connectivity index (χ0n) is 14.1. The summed E-state index contributed by atoms with van der Waals surface area (Å²) in [5.74, 6) is -1.11. The summed E-state index contributed by atoms with van der Waals surface area (Å²) in [6.07, 6.45) is 0.566. The van der Waals surface area contributed by atoms with Gasteiger partial charge < -0.3 is 5.32 Å².